The van der Waals surface area contributed by atoms with Gasteiger partial charge in [0.05, 0.1) is 12.2 Å². The third-order valence-corrected chi connectivity index (χ3v) is 4.03. The van der Waals surface area contributed by atoms with E-state index in [4.69, 9.17) is 13.6 Å². The van der Waals surface area contributed by atoms with Gasteiger partial charge in [-0.3, -0.25) is 4.79 Å². The van der Waals surface area contributed by atoms with Crippen LogP contribution < -0.4 is 5.32 Å². The van der Waals surface area contributed by atoms with Crippen LogP contribution in [0.4, 0.5) is 0 Å². The molecule has 7 nitrogen and oxygen atoms in total. The minimum Gasteiger partial charge on any atom is -0.445 e. The third kappa shape index (κ3) is 3.32. The van der Waals surface area contributed by atoms with E-state index in [1.807, 2.05) is 30.3 Å². The predicted molar refractivity (Wildman–Crippen MR) is 87.5 cm³/mol. The molecule has 128 valence electrons. The van der Waals surface area contributed by atoms with Crippen LogP contribution in [-0.4, -0.2) is 22.5 Å². The molecule has 7 heteroatoms. The number of oxazole rings is 2. The summed E-state index contributed by atoms with van der Waals surface area (Å²) in [7, 11) is 0. The molecular formula is C18H17N3O4. The Morgan fingerprint density at radius 2 is 2.12 bits per heavy atom. The number of rotatable bonds is 5. The van der Waals surface area contributed by atoms with E-state index < -0.39 is 0 Å². The number of hydrogen-bond acceptors (Lipinski definition) is 6. The molecule has 1 aliphatic heterocycles. The molecule has 1 aliphatic rings. The van der Waals surface area contributed by atoms with Crippen molar-refractivity contribution in [3.8, 4) is 11.5 Å². The van der Waals surface area contributed by atoms with E-state index in [-0.39, 0.29) is 24.2 Å². The second kappa shape index (κ2) is 6.90. The van der Waals surface area contributed by atoms with Crippen LogP contribution >= 0.6 is 0 Å². The third-order valence-electron chi connectivity index (χ3n) is 4.03. The van der Waals surface area contributed by atoms with E-state index in [0.717, 1.165) is 18.4 Å². The first-order valence-electron chi connectivity index (χ1n) is 8.14. The van der Waals surface area contributed by atoms with Crippen molar-refractivity contribution < 1.29 is 18.4 Å². The van der Waals surface area contributed by atoms with Crippen LogP contribution in [0, 0.1) is 0 Å². The molecule has 25 heavy (non-hydrogen) atoms. The van der Waals surface area contributed by atoms with Crippen molar-refractivity contribution >= 4 is 5.91 Å². The molecular weight excluding hydrogens is 322 g/mol. The van der Waals surface area contributed by atoms with Crippen LogP contribution in [0.15, 0.2) is 51.8 Å². The smallest absolute Gasteiger partial charge is 0.273 e. The zero-order valence-corrected chi connectivity index (χ0v) is 13.5. The molecule has 0 saturated carbocycles. The van der Waals surface area contributed by atoms with Crippen LogP contribution in [0.3, 0.4) is 0 Å². The lowest BCUT2D eigenvalue weighted by molar-refractivity contribution is 0.0860. The fourth-order valence-electron chi connectivity index (χ4n) is 2.79. The van der Waals surface area contributed by atoms with Gasteiger partial charge in [0.2, 0.25) is 5.89 Å². The van der Waals surface area contributed by atoms with Gasteiger partial charge in [-0.25, -0.2) is 9.97 Å². The molecule has 2 aromatic heterocycles. The Morgan fingerprint density at radius 3 is 2.92 bits per heavy atom. The van der Waals surface area contributed by atoms with Gasteiger partial charge in [0.25, 0.3) is 5.91 Å². The molecule has 1 fully saturated rings. The van der Waals surface area contributed by atoms with Crippen molar-refractivity contribution in [3.05, 3.63) is 60.1 Å². The normalized spacial score (nSPS) is 16.9. The first-order chi connectivity index (χ1) is 12.3. The van der Waals surface area contributed by atoms with Crippen molar-refractivity contribution in [1.82, 2.24) is 15.3 Å². The molecule has 0 aliphatic carbocycles. The van der Waals surface area contributed by atoms with Crippen LogP contribution in [0.2, 0.25) is 0 Å². The Balaban J connectivity index is 1.41. The summed E-state index contributed by atoms with van der Waals surface area (Å²) in [5, 5.41) is 2.79. The van der Waals surface area contributed by atoms with Crippen molar-refractivity contribution in [2.45, 2.75) is 25.5 Å². The highest BCUT2D eigenvalue weighted by Crippen LogP contribution is 2.30. The number of aromatic nitrogens is 2. The highest BCUT2D eigenvalue weighted by atomic mass is 16.5. The minimum atomic E-state index is -0.316. The molecule has 1 atom stereocenters. The molecule has 4 rings (SSSR count). The molecule has 1 amide bonds. The summed E-state index contributed by atoms with van der Waals surface area (Å²) in [5.41, 5.74) is 1.78. The first kappa shape index (κ1) is 15.6. The van der Waals surface area contributed by atoms with Crippen molar-refractivity contribution in [3.63, 3.8) is 0 Å². The monoisotopic (exact) mass is 339 g/mol. The number of carbonyl (C=O) groups is 1. The molecule has 0 spiro atoms. The Morgan fingerprint density at radius 1 is 1.24 bits per heavy atom. The summed E-state index contributed by atoms with van der Waals surface area (Å²) in [6, 6.07) is 9.59. The highest BCUT2D eigenvalue weighted by Gasteiger charge is 2.27. The minimum absolute atomic E-state index is 0.194. The number of carbonyl (C=O) groups excluding carboxylic acids is 1. The first-order valence-corrected chi connectivity index (χ1v) is 8.14. The van der Waals surface area contributed by atoms with Gasteiger partial charge in [0.1, 0.15) is 12.4 Å². The van der Waals surface area contributed by atoms with Gasteiger partial charge in [0, 0.05) is 12.2 Å². The number of ether oxygens (including phenoxy) is 1. The summed E-state index contributed by atoms with van der Waals surface area (Å²) in [6.07, 6.45) is 4.40. The quantitative estimate of drug-likeness (QED) is 0.768. The van der Waals surface area contributed by atoms with E-state index in [0.29, 0.717) is 24.0 Å². The molecule has 0 radical (unpaired) electrons. The Labute approximate surface area is 144 Å². The van der Waals surface area contributed by atoms with Crippen LogP contribution in [0.25, 0.3) is 11.5 Å². The molecule has 1 aromatic carbocycles. The maximum atomic E-state index is 12.4. The second-order valence-electron chi connectivity index (χ2n) is 5.76. The topological polar surface area (TPSA) is 90.4 Å². The highest BCUT2D eigenvalue weighted by molar-refractivity contribution is 5.93. The Kier molecular flexibility index (Phi) is 4.30. The summed E-state index contributed by atoms with van der Waals surface area (Å²) >= 11 is 0. The van der Waals surface area contributed by atoms with E-state index in [2.05, 4.69) is 15.3 Å². The average molecular weight is 339 g/mol. The molecule has 3 aromatic rings. The number of nitrogens with one attached hydrogen (secondary N) is 1. The van der Waals surface area contributed by atoms with Crippen molar-refractivity contribution in [2.75, 3.05) is 6.61 Å². The predicted octanol–water partition coefficient (Wildman–Crippen LogP) is 3.11. The Hall–Kier alpha value is -2.93. The molecule has 1 saturated heterocycles. The maximum Gasteiger partial charge on any atom is 0.273 e. The fourth-order valence-corrected chi connectivity index (χ4v) is 2.79. The lowest BCUT2D eigenvalue weighted by atomic mass is 10.1. The second-order valence-corrected chi connectivity index (χ2v) is 5.76. The maximum absolute atomic E-state index is 12.4. The summed E-state index contributed by atoms with van der Waals surface area (Å²) in [6.45, 7) is 0.917. The zero-order valence-electron chi connectivity index (χ0n) is 13.5. The average Bonchev–Trinajstić information content (AvgIpc) is 3.41. The molecule has 1 N–H and O–H groups in total. The van der Waals surface area contributed by atoms with Gasteiger partial charge in [-0.2, -0.15) is 0 Å². The van der Waals surface area contributed by atoms with Crippen LogP contribution in [0.1, 0.15) is 40.9 Å². The lowest BCUT2D eigenvalue weighted by Crippen LogP contribution is -2.24. The van der Waals surface area contributed by atoms with Gasteiger partial charge < -0.3 is 18.9 Å². The van der Waals surface area contributed by atoms with E-state index in [1.165, 1.54) is 12.7 Å². The van der Waals surface area contributed by atoms with E-state index in [1.54, 1.807) is 0 Å². The van der Waals surface area contributed by atoms with Gasteiger partial charge in [-0.15, -0.1) is 0 Å². The number of amides is 1. The fraction of sp³-hybridized carbons (Fsp3) is 0.278. The van der Waals surface area contributed by atoms with Crippen molar-refractivity contribution in [2.24, 2.45) is 0 Å². The number of hydrogen-bond donors (Lipinski definition) is 1. The van der Waals surface area contributed by atoms with Gasteiger partial charge in [0.15, 0.2) is 17.8 Å². The van der Waals surface area contributed by atoms with Gasteiger partial charge in [-0.05, 0) is 25.0 Å². The largest absolute Gasteiger partial charge is 0.445 e. The van der Waals surface area contributed by atoms with Crippen molar-refractivity contribution in [1.29, 1.82) is 0 Å². The van der Waals surface area contributed by atoms with Crippen LogP contribution in [0.5, 0.6) is 0 Å². The summed E-state index contributed by atoms with van der Waals surface area (Å²) in [4.78, 5) is 20.8. The molecule has 3 heterocycles. The number of nitrogens with zero attached hydrogens (tertiary/aromatic N) is 2. The molecule has 0 unspecified atom stereocenters. The van der Waals surface area contributed by atoms with Gasteiger partial charge in [-0.1, -0.05) is 18.2 Å². The zero-order chi connectivity index (χ0) is 17.1. The Bertz CT molecular complexity index is 850. The standard InChI is InChI=1S/C18H17N3O4/c22-17(15-16(25-11-20-15)14-7-4-8-23-14)19-9-13-10-24-18(21-13)12-5-2-1-3-6-12/h1-3,5-6,10-11,14H,4,7-9H2,(H,19,22)/t14-/m0/s1. The molecule has 0 bridgehead atoms. The van der Waals surface area contributed by atoms with E-state index in [9.17, 15) is 4.79 Å². The SMILES string of the molecule is O=C(NCc1coc(-c2ccccc2)n1)c1ncoc1[C@@H]1CCCO1. The van der Waals surface area contributed by atoms with E-state index >= 15 is 0 Å². The van der Waals surface area contributed by atoms with Crippen LogP contribution in [-0.2, 0) is 11.3 Å². The lowest BCUT2D eigenvalue weighted by Gasteiger charge is -2.07. The van der Waals surface area contributed by atoms with Gasteiger partial charge >= 0.3 is 0 Å². The summed E-state index contributed by atoms with van der Waals surface area (Å²) < 4.78 is 16.4. The summed E-state index contributed by atoms with van der Waals surface area (Å²) in [5.74, 6) is 0.690. The number of benzene rings is 1.